The van der Waals surface area contributed by atoms with Crippen LogP contribution in [-0.2, 0) is 20.8 Å². The molecule has 5 heterocycles. The van der Waals surface area contributed by atoms with Crippen LogP contribution in [0.15, 0.2) is 71.5 Å². The van der Waals surface area contributed by atoms with Gasteiger partial charge in [0.25, 0.3) is 17.4 Å². The van der Waals surface area contributed by atoms with Gasteiger partial charge in [0, 0.05) is 101 Å². The zero-order chi connectivity index (χ0) is 48.4. The normalized spacial score (nSPS) is 21.2. The summed E-state index contributed by atoms with van der Waals surface area (Å²) in [5.74, 6) is -0.382. The van der Waals surface area contributed by atoms with Gasteiger partial charge in [-0.3, -0.25) is 38.6 Å². The second-order valence-electron chi connectivity index (χ2n) is 20.5. The van der Waals surface area contributed by atoms with Gasteiger partial charge >= 0.3 is 0 Å². The molecule has 370 valence electrons. The maximum Gasteiger partial charge on any atom is 0.272 e. The molecule has 6 fully saturated rings. The van der Waals surface area contributed by atoms with Crippen LogP contribution in [0, 0.1) is 11.7 Å². The minimum absolute atomic E-state index is 0.00942. The number of carbonyl (C=O) groups is 5. The summed E-state index contributed by atoms with van der Waals surface area (Å²) in [5.41, 5.74) is 1.78. The number of fused-ring (bicyclic) bond motifs is 1. The standard InChI is InChI=1S/C53H65FN10O6/c54-45-13-10-37(30-46-42-8-1-2-9-43(42)50(68)58-57-46)29-44(45)51(69)62-27-25-61(26-28-62)48(66)35-59-19-14-36(15-20-59)33-60-21-23-63(24-22-60)52(70)53(16-17-53)56-49(67)39-6-3-5-38(31-39)40-7-4-18-64(34-40)47(65)32-55-41-11-12-41/h1-3,5-6,8-10,13,29,31,36,40-41,55H,4,7,11-12,14-28,30,32-35H2,(H,56,67)(H,58,68). The Hall–Kier alpha value is -6.04. The molecule has 0 spiro atoms. The summed E-state index contributed by atoms with van der Waals surface area (Å²) in [5, 5.41) is 14.4. The molecule has 1 aromatic heterocycles. The van der Waals surface area contributed by atoms with Crippen LogP contribution >= 0.6 is 0 Å². The van der Waals surface area contributed by atoms with Crippen molar-refractivity contribution in [3.8, 4) is 0 Å². The lowest BCUT2D eigenvalue weighted by atomic mass is 9.89. The van der Waals surface area contributed by atoms with Gasteiger partial charge in [0.2, 0.25) is 17.7 Å². The molecular formula is C53H65FN10O6. The summed E-state index contributed by atoms with van der Waals surface area (Å²) in [6, 6.07) is 19.8. The molecule has 17 heteroatoms. The van der Waals surface area contributed by atoms with E-state index in [2.05, 4.69) is 30.6 Å². The molecule has 10 rings (SSSR count). The van der Waals surface area contributed by atoms with Crippen LogP contribution in [0.1, 0.15) is 94.8 Å². The molecule has 70 heavy (non-hydrogen) atoms. The minimum atomic E-state index is -0.845. The van der Waals surface area contributed by atoms with Crippen LogP contribution in [0.4, 0.5) is 4.39 Å². The molecule has 5 amide bonds. The van der Waals surface area contributed by atoms with Crippen molar-refractivity contribution in [1.29, 1.82) is 0 Å². The van der Waals surface area contributed by atoms with Crippen LogP contribution in [0.5, 0.6) is 0 Å². The van der Waals surface area contributed by atoms with E-state index in [0.717, 1.165) is 83.4 Å². The average Bonchev–Trinajstić information content (AvgIpc) is 4.35. The van der Waals surface area contributed by atoms with Crippen molar-refractivity contribution in [2.45, 2.75) is 75.3 Å². The van der Waals surface area contributed by atoms with E-state index in [9.17, 15) is 28.8 Å². The molecule has 1 atom stereocenters. The number of nitrogens with zero attached hydrogens (tertiary/aromatic N) is 7. The third-order valence-electron chi connectivity index (χ3n) is 15.6. The van der Waals surface area contributed by atoms with E-state index in [-0.39, 0.29) is 40.7 Å². The van der Waals surface area contributed by atoms with Crippen LogP contribution in [0.3, 0.4) is 0 Å². The number of likely N-dealkylation sites (tertiary alicyclic amines) is 2. The Kier molecular flexibility index (Phi) is 14.1. The number of aromatic amines is 1. The highest BCUT2D eigenvalue weighted by Gasteiger charge is 2.53. The van der Waals surface area contributed by atoms with Crippen molar-refractivity contribution >= 4 is 40.3 Å². The van der Waals surface area contributed by atoms with Gasteiger partial charge in [-0.1, -0.05) is 36.4 Å². The lowest BCUT2D eigenvalue weighted by Gasteiger charge is -2.40. The minimum Gasteiger partial charge on any atom is -0.341 e. The fourth-order valence-electron chi connectivity index (χ4n) is 10.9. The topological polar surface area (TPSA) is 175 Å². The largest absolute Gasteiger partial charge is 0.341 e. The van der Waals surface area contributed by atoms with Gasteiger partial charge in [-0.15, -0.1) is 0 Å². The number of halogens is 1. The Morgan fingerprint density at radius 3 is 2.19 bits per heavy atom. The number of rotatable bonds is 14. The van der Waals surface area contributed by atoms with E-state index < -0.39 is 17.3 Å². The van der Waals surface area contributed by atoms with Gasteiger partial charge in [-0.05, 0) is 112 Å². The Morgan fingerprint density at radius 1 is 0.714 bits per heavy atom. The molecule has 4 aromatic rings. The quantitative estimate of drug-likeness (QED) is 0.170. The number of benzene rings is 3. The van der Waals surface area contributed by atoms with E-state index in [1.54, 1.807) is 34.1 Å². The maximum atomic E-state index is 15.1. The summed E-state index contributed by atoms with van der Waals surface area (Å²) in [6.45, 7) is 8.96. The molecule has 3 N–H and O–H groups in total. The zero-order valence-electron chi connectivity index (χ0n) is 40.0. The molecule has 6 aliphatic rings. The van der Waals surface area contributed by atoms with Crippen molar-refractivity contribution in [2.75, 3.05) is 98.2 Å². The molecule has 3 aromatic carbocycles. The van der Waals surface area contributed by atoms with E-state index in [0.29, 0.717) is 118 Å². The van der Waals surface area contributed by atoms with Gasteiger partial charge in [0.1, 0.15) is 11.4 Å². The number of hydrogen-bond donors (Lipinski definition) is 3. The monoisotopic (exact) mass is 957 g/mol. The summed E-state index contributed by atoms with van der Waals surface area (Å²) >= 11 is 0. The molecule has 2 aliphatic carbocycles. The van der Waals surface area contributed by atoms with Crippen molar-refractivity contribution in [1.82, 2.24) is 50.2 Å². The zero-order valence-corrected chi connectivity index (χ0v) is 40.0. The van der Waals surface area contributed by atoms with Gasteiger partial charge < -0.3 is 30.2 Å². The second kappa shape index (κ2) is 20.7. The Labute approximate surface area is 407 Å². The van der Waals surface area contributed by atoms with Gasteiger partial charge in [0.15, 0.2) is 0 Å². The highest BCUT2D eigenvalue weighted by Crippen LogP contribution is 2.38. The maximum absolute atomic E-state index is 15.1. The highest BCUT2D eigenvalue weighted by atomic mass is 19.1. The van der Waals surface area contributed by atoms with Crippen molar-refractivity contribution in [3.63, 3.8) is 0 Å². The van der Waals surface area contributed by atoms with Crippen LogP contribution in [0.25, 0.3) is 10.8 Å². The van der Waals surface area contributed by atoms with E-state index in [1.807, 2.05) is 46.2 Å². The fourth-order valence-corrected chi connectivity index (χ4v) is 10.9. The number of piperazine rings is 2. The predicted molar refractivity (Wildman–Crippen MR) is 262 cm³/mol. The molecule has 0 radical (unpaired) electrons. The SMILES string of the molecule is O=C(NC1(C(=O)N2CCN(CC3CCN(CC(=O)N4CCN(C(=O)c5cc(Cc6n[nH]c(=O)c7ccccc67)ccc5F)CC4)CC3)CC2)CC1)c1cccc(C2CCCN(C(=O)CNC3CC3)C2)c1. The Balaban J connectivity index is 0.630. The Morgan fingerprint density at radius 2 is 1.44 bits per heavy atom. The molecule has 4 saturated heterocycles. The van der Waals surface area contributed by atoms with E-state index in [1.165, 1.54) is 6.07 Å². The molecule has 4 aliphatic heterocycles. The first kappa shape index (κ1) is 47.6. The summed E-state index contributed by atoms with van der Waals surface area (Å²) in [4.78, 5) is 91.6. The second-order valence-corrected chi connectivity index (χ2v) is 20.5. The smallest absolute Gasteiger partial charge is 0.272 e. The van der Waals surface area contributed by atoms with Gasteiger partial charge in [-0.2, -0.15) is 5.10 Å². The predicted octanol–water partition coefficient (Wildman–Crippen LogP) is 3.21. The number of aromatic nitrogens is 2. The molecular weight excluding hydrogens is 892 g/mol. The number of amides is 5. The van der Waals surface area contributed by atoms with Crippen molar-refractivity contribution in [2.24, 2.45) is 5.92 Å². The lowest BCUT2D eigenvalue weighted by molar-refractivity contribution is -0.136. The third-order valence-corrected chi connectivity index (χ3v) is 15.6. The first-order valence-corrected chi connectivity index (χ1v) is 25.5. The first-order valence-electron chi connectivity index (χ1n) is 25.5. The van der Waals surface area contributed by atoms with Gasteiger partial charge in [-0.25, -0.2) is 9.49 Å². The van der Waals surface area contributed by atoms with Crippen molar-refractivity contribution < 1.29 is 28.4 Å². The van der Waals surface area contributed by atoms with E-state index in [4.69, 9.17) is 0 Å². The molecule has 16 nitrogen and oxygen atoms in total. The summed E-state index contributed by atoms with van der Waals surface area (Å²) < 4.78 is 15.1. The number of H-pyrrole nitrogens is 1. The average molecular weight is 957 g/mol. The molecule has 2 saturated carbocycles. The molecule has 0 bridgehead atoms. The summed E-state index contributed by atoms with van der Waals surface area (Å²) in [7, 11) is 0. The van der Waals surface area contributed by atoms with Crippen LogP contribution < -0.4 is 16.2 Å². The van der Waals surface area contributed by atoms with E-state index >= 15 is 4.39 Å². The number of piperidine rings is 2. The molecule has 1 unspecified atom stereocenters. The lowest BCUT2D eigenvalue weighted by Crippen LogP contribution is -2.57. The number of nitrogens with one attached hydrogen (secondary N) is 3. The number of carbonyl (C=O) groups excluding carboxylic acids is 5. The summed E-state index contributed by atoms with van der Waals surface area (Å²) in [6.07, 6.45) is 7.75. The Bertz CT molecular complexity index is 2660. The number of hydrogen-bond acceptors (Lipinski definition) is 10. The highest BCUT2D eigenvalue weighted by molar-refractivity contribution is 6.01. The first-order chi connectivity index (χ1) is 34.0. The van der Waals surface area contributed by atoms with Crippen molar-refractivity contribution in [3.05, 3.63) is 111 Å². The van der Waals surface area contributed by atoms with Crippen LogP contribution in [-0.4, -0.2) is 179 Å². The fraction of sp³-hybridized carbons (Fsp3) is 0.528. The van der Waals surface area contributed by atoms with Gasteiger partial charge in [0.05, 0.1) is 29.7 Å². The third kappa shape index (κ3) is 11.0. The van der Waals surface area contributed by atoms with Crippen LogP contribution in [0.2, 0.25) is 0 Å².